The van der Waals surface area contributed by atoms with Crippen LogP contribution in [0.4, 0.5) is 5.69 Å². The molecule has 0 saturated heterocycles. The number of aliphatic imine (C=N–C) groups is 1. The van der Waals surface area contributed by atoms with Crippen LogP contribution < -0.4 is 5.32 Å². The summed E-state index contributed by atoms with van der Waals surface area (Å²) in [5.41, 5.74) is 0.372. The molecule has 0 bridgehead atoms. The van der Waals surface area contributed by atoms with E-state index >= 15 is 0 Å². The van der Waals surface area contributed by atoms with Crippen molar-refractivity contribution in [1.29, 1.82) is 0 Å². The molecule has 0 spiro atoms. The van der Waals surface area contributed by atoms with Gasteiger partial charge in [-0.1, -0.05) is 30.0 Å². The predicted molar refractivity (Wildman–Crippen MR) is 69.7 cm³/mol. The number of thioether (sulfide) groups is 1. The molecule has 2 rings (SSSR count). The predicted octanol–water partition coefficient (Wildman–Crippen LogP) is 1.36. The molecule has 1 aliphatic rings. The van der Waals surface area contributed by atoms with Gasteiger partial charge >= 0.3 is 0 Å². The van der Waals surface area contributed by atoms with Gasteiger partial charge in [-0.15, -0.1) is 0 Å². The number of carbonyl (C=O) groups excluding carboxylic acids is 1. The van der Waals surface area contributed by atoms with E-state index in [-0.39, 0.29) is 18.0 Å². The summed E-state index contributed by atoms with van der Waals surface area (Å²) in [5, 5.41) is 14.0. The van der Waals surface area contributed by atoms with E-state index in [9.17, 15) is 14.9 Å². The molecule has 1 aromatic rings. The molecule has 1 N–H and O–H groups in total. The van der Waals surface area contributed by atoms with E-state index in [0.717, 1.165) is 5.75 Å². The fraction of sp³-hybridized carbons (Fsp3) is 0.273. The average molecular weight is 265 g/mol. The van der Waals surface area contributed by atoms with E-state index in [1.807, 2.05) is 0 Å². The summed E-state index contributed by atoms with van der Waals surface area (Å²) >= 11 is 1.48. The van der Waals surface area contributed by atoms with Gasteiger partial charge < -0.3 is 5.32 Å². The number of benzene rings is 1. The number of amidine groups is 1. The lowest BCUT2D eigenvalue weighted by molar-refractivity contribution is -0.385. The number of amides is 1. The van der Waals surface area contributed by atoms with Crippen LogP contribution in [0.1, 0.15) is 5.56 Å². The van der Waals surface area contributed by atoms with E-state index in [4.69, 9.17) is 0 Å². The summed E-state index contributed by atoms with van der Waals surface area (Å²) in [6.45, 7) is 0.700. The summed E-state index contributed by atoms with van der Waals surface area (Å²) in [4.78, 5) is 26.1. The monoisotopic (exact) mass is 265 g/mol. The van der Waals surface area contributed by atoms with Crippen LogP contribution >= 0.6 is 11.8 Å². The van der Waals surface area contributed by atoms with Crippen LogP contribution in [0.15, 0.2) is 29.3 Å². The van der Waals surface area contributed by atoms with Crippen molar-refractivity contribution in [2.45, 2.75) is 6.42 Å². The average Bonchev–Trinajstić information content (AvgIpc) is 2.82. The van der Waals surface area contributed by atoms with Crippen LogP contribution in [-0.4, -0.2) is 28.3 Å². The Kier molecular flexibility index (Phi) is 3.93. The highest BCUT2D eigenvalue weighted by atomic mass is 32.2. The molecular weight excluding hydrogens is 254 g/mol. The number of hydrogen-bond donors (Lipinski definition) is 1. The fourth-order valence-electron chi connectivity index (χ4n) is 1.59. The SMILES string of the molecule is O=C(Cc1ccccc1[N+](=O)[O-])NC1=NCCS1. The zero-order valence-electron chi connectivity index (χ0n) is 9.46. The molecule has 0 aromatic heterocycles. The van der Waals surface area contributed by atoms with E-state index < -0.39 is 4.92 Å². The van der Waals surface area contributed by atoms with Gasteiger partial charge in [-0.3, -0.25) is 19.9 Å². The van der Waals surface area contributed by atoms with Crippen molar-refractivity contribution < 1.29 is 9.72 Å². The van der Waals surface area contributed by atoms with Crippen molar-refractivity contribution in [1.82, 2.24) is 5.32 Å². The quantitative estimate of drug-likeness (QED) is 0.660. The fourth-order valence-corrected chi connectivity index (χ4v) is 2.33. The normalized spacial score (nSPS) is 14.1. The minimum Gasteiger partial charge on any atom is -0.305 e. The lowest BCUT2D eigenvalue weighted by atomic mass is 10.1. The largest absolute Gasteiger partial charge is 0.305 e. The first-order chi connectivity index (χ1) is 8.66. The van der Waals surface area contributed by atoms with Crippen LogP contribution in [0.5, 0.6) is 0 Å². The van der Waals surface area contributed by atoms with Gasteiger partial charge in [-0.25, -0.2) is 0 Å². The van der Waals surface area contributed by atoms with Gasteiger partial charge in [0, 0.05) is 17.4 Å². The summed E-state index contributed by atoms with van der Waals surface area (Å²) in [5.74, 6) is 0.582. The third-order valence-corrected chi connectivity index (χ3v) is 3.26. The van der Waals surface area contributed by atoms with Crippen LogP contribution in [0.2, 0.25) is 0 Å². The number of nitrogens with zero attached hydrogens (tertiary/aromatic N) is 2. The Hall–Kier alpha value is -1.89. The third-order valence-electron chi connectivity index (χ3n) is 2.37. The molecule has 0 unspecified atom stereocenters. The Morgan fingerprint density at radius 1 is 1.50 bits per heavy atom. The zero-order chi connectivity index (χ0) is 13.0. The summed E-state index contributed by atoms with van der Waals surface area (Å²) in [7, 11) is 0. The highest BCUT2D eigenvalue weighted by Gasteiger charge is 2.17. The lowest BCUT2D eigenvalue weighted by Gasteiger charge is -2.04. The highest BCUT2D eigenvalue weighted by Crippen LogP contribution is 2.18. The van der Waals surface area contributed by atoms with Crippen molar-refractivity contribution >= 4 is 28.5 Å². The van der Waals surface area contributed by atoms with Gasteiger partial charge in [-0.2, -0.15) is 0 Å². The number of nitro benzene ring substituents is 1. The smallest absolute Gasteiger partial charge is 0.273 e. The molecule has 0 radical (unpaired) electrons. The van der Waals surface area contributed by atoms with Crippen LogP contribution in [-0.2, 0) is 11.2 Å². The molecule has 0 saturated carbocycles. The first kappa shape index (κ1) is 12.6. The minimum absolute atomic E-state index is 0.0171. The van der Waals surface area contributed by atoms with Crippen molar-refractivity contribution in [3.05, 3.63) is 39.9 Å². The zero-order valence-corrected chi connectivity index (χ0v) is 10.3. The van der Waals surface area contributed by atoms with Gasteiger partial charge in [0.05, 0.1) is 17.9 Å². The maximum atomic E-state index is 11.7. The van der Waals surface area contributed by atoms with E-state index in [2.05, 4.69) is 10.3 Å². The first-order valence-corrected chi connectivity index (χ1v) is 6.35. The lowest BCUT2D eigenvalue weighted by Crippen LogP contribution is -2.29. The molecule has 1 heterocycles. The molecular formula is C11H11N3O3S. The molecule has 0 atom stereocenters. The molecule has 0 aliphatic carbocycles. The Morgan fingerprint density at radius 3 is 2.94 bits per heavy atom. The van der Waals surface area contributed by atoms with Gasteiger partial charge in [-0.05, 0) is 0 Å². The van der Waals surface area contributed by atoms with E-state index in [1.54, 1.807) is 18.2 Å². The molecule has 1 aliphatic heterocycles. The topological polar surface area (TPSA) is 84.6 Å². The second-order valence-corrected chi connectivity index (χ2v) is 4.73. The van der Waals surface area contributed by atoms with Crippen molar-refractivity contribution in [2.24, 2.45) is 4.99 Å². The van der Waals surface area contributed by atoms with Gasteiger partial charge in [0.15, 0.2) is 5.17 Å². The van der Waals surface area contributed by atoms with Gasteiger partial charge in [0.2, 0.25) is 5.91 Å². The second-order valence-electron chi connectivity index (χ2n) is 3.65. The molecule has 7 heteroatoms. The van der Waals surface area contributed by atoms with Crippen molar-refractivity contribution in [3.63, 3.8) is 0 Å². The molecule has 6 nitrogen and oxygen atoms in total. The van der Waals surface area contributed by atoms with E-state index in [0.29, 0.717) is 17.3 Å². The number of hydrogen-bond acceptors (Lipinski definition) is 5. The number of rotatable bonds is 3. The summed E-state index contributed by atoms with van der Waals surface area (Å²) in [6.07, 6.45) is -0.0171. The Morgan fingerprint density at radius 2 is 2.28 bits per heavy atom. The maximum Gasteiger partial charge on any atom is 0.273 e. The Bertz CT molecular complexity index is 516. The minimum atomic E-state index is -0.482. The highest BCUT2D eigenvalue weighted by molar-refractivity contribution is 8.14. The number of nitrogens with one attached hydrogen (secondary N) is 1. The second kappa shape index (κ2) is 5.63. The first-order valence-electron chi connectivity index (χ1n) is 5.36. The van der Waals surface area contributed by atoms with Crippen molar-refractivity contribution in [2.75, 3.05) is 12.3 Å². The standard InChI is InChI=1S/C11H11N3O3S/c15-10(13-11-12-5-6-18-11)7-8-3-1-2-4-9(8)14(16)17/h1-4H,5-7H2,(H,12,13,15). The maximum absolute atomic E-state index is 11.7. The molecule has 94 valence electrons. The van der Waals surface area contributed by atoms with Crippen LogP contribution in [0, 0.1) is 10.1 Å². The molecule has 1 aromatic carbocycles. The molecule has 18 heavy (non-hydrogen) atoms. The Balaban J connectivity index is 2.04. The number of carbonyl (C=O) groups is 1. The summed E-state index contributed by atoms with van der Waals surface area (Å²) in [6, 6.07) is 6.24. The van der Waals surface area contributed by atoms with E-state index in [1.165, 1.54) is 17.8 Å². The third kappa shape index (κ3) is 3.07. The number of nitro groups is 1. The van der Waals surface area contributed by atoms with Crippen molar-refractivity contribution in [3.8, 4) is 0 Å². The Labute approximate surface area is 108 Å². The summed E-state index contributed by atoms with van der Waals surface area (Å²) < 4.78 is 0. The molecule has 1 amide bonds. The molecule has 0 fully saturated rings. The van der Waals surface area contributed by atoms with Crippen LogP contribution in [0.3, 0.4) is 0 Å². The van der Waals surface area contributed by atoms with Gasteiger partial charge in [0.1, 0.15) is 0 Å². The van der Waals surface area contributed by atoms with Gasteiger partial charge in [0.25, 0.3) is 5.69 Å². The number of para-hydroxylation sites is 1. The van der Waals surface area contributed by atoms with Crippen LogP contribution in [0.25, 0.3) is 0 Å².